The van der Waals surface area contributed by atoms with Crippen LogP contribution in [0.15, 0.2) is 22.7 Å². The zero-order valence-electron chi connectivity index (χ0n) is 12.1. The number of carboxylic acid groups (broad SMARTS) is 1. The SMILES string of the molecule is CC(C)(Nc1ccc(Br)cc1C(F)(F)F)C(C)(C)C(=O)O. The molecule has 0 bridgehead atoms. The zero-order chi connectivity index (χ0) is 16.6. The Labute approximate surface area is 129 Å². The Kier molecular flexibility index (Phi) is 4.68. The van der Waals surface area contributed by atoms with Gasteiger partial charge in [-0.15, -0.1) is 0 Å². The molecule has 0 saturated heterocycles. The molecule has 0 spiro atoms. The zero-order valence-corrected chi connectivity index (χ0v) is 13.7. The van der Waals surface area contributed by atoms with Crippen LogP contribution in [0.25, 0.3) is 0 Å². The van der Waals surface area contributed by atoms with Gasteiger partial charge in [0.25, 0.3) is 0 Å². The van der Waals surface area contributed by atoms with Crippen LogP contribution in [0.3, 0.4) is 0 Å². The Morgan fingerprint density at radius 3 is 2.14 bits per heavy atom. The quantitative estimate of drug-likeness (QED) is 0.805. The molecule has 0 heterocycles. The Balaban J connectivity index is 3.28. The molecule has 7 heteroatoms. The van der Waals surface area contributed by atoms with Gasteiger partial charge >= 0.3 is 12.1 Å². The number of carboxylic acids is 1. The van der Waals surface area contributed by atoms with Crippen molar-refractivity contribution in [2.24, 2.45) is 5.41 Å². The molecule has 3 nitrogen and oxygen atoms in total. The third-order valence-corrected chi connectivity index (χ3v) is 4.32. The summed E-state index contributed by atoms with van der Waals surface area (Å²) >= 11 is 3.01. The van der Waals surface area contributed by atoms with Gasteiger partial charge < -0.3 is 10.4 Å². The maximum absolute atomic E-state index is 13.1. The summed E-state index contributed by atoms with van der Waals surface area (Å²) in [5.41, 5.74) is -3.34. The van der Waals surface area contributed by atoms with E-state index in [0.717, 1.165) is 6.07 Å². The first-order valence-corrected chi connectivity index (χ1v) is 6.96. The highest BCUT2D eigenvalue weighted by atomic mass is 79.9. The lowest BCUT2D eigenvalue weighted by Gasteiger charge is -2.40. The number of benzene rings is 1. The van der Waals surface area contributed by atoms with Gasteiger partial charge in [-0.3, -0.25) is 4.79 Å². The summed E-state index contributed by atoms with van der Waals surface area (Å²) in [6.45, 7) is 6.05. The molecular formula is C14H17BrF3NO2. The van der Waals surface area contributed by atoms with E-state index in [1.54, 1.807) is 13.8 Å². The Bertz CT molecular complexity index is 554. The van der Waals surface area contributed by atoms with Crippen molar-refractivity contribution in [2.75, 3.05) is 5.32 Å². The molecule has 0 aliphatic rings. The number of aliphatic carboxylic acids is 1. The summed E-state index contributed by atoms with van der Waals surface area (Å²) in [5, 5.41) is 12.0. The molecule has 0 saturated carbocycles. The third-order valence-electron chi connectivity index (χ3n) is 3.83. The molecular weight excluding hydrogens is 351 g/mol. The van der Waals surface area contributed by atoms with Crippen LogP contribution in [0.2, 0.25) is 0 Å². The normalized spacial score (nSPS) is 13.1. The minimum atomic E-state index is -4.53. The van der Waals surface area contributed by atoms with Crippen LogP contribution in [0.1, 0.15) is 33.3 Å². The summed E-state index contributed by atoms with van der Waals surface area (Å²) in [6.07, 6.45) is -4.53. The molecule has 0 atom stereocenters. The summed E-state index contributed by atoms with van der Waals surface area (Å²) in [4.78, 5) is 11.3. The van der Waals surface area contributed by atoms with Crippen molar-refractivity contribution in [3.8, 4) is 0 Å². The van der Waals surface area contributed by atoms with E-state index in [4.69, 9.17) is 0 Å². The Hall–Kier alpha value is -1.24. The highest BCUT2D eigenvalue weighted by Crippen LogP contribution is 2.40. The number of nitrogens with one attached hydrogen (secondary N) is 1. The van der Waals surface area contributed by atoms with Crippen LogP contribution in [-0.4, -0.2) is 16.6 Å². The van der Waals surface area contributed by atoms with Gasteiger partial charge in [0.05, 0.1) is 11.0 Å². The first-order valence-electron chi connectivity index (χ1n) is 6.17. The fourth-order valence-corrected chi connectivity index (χ4v) is 1.98. The van der Waals surface area contributed by atoms with E-state index in [-0.39, 0.29) is 5.69 Å². The second-order valence-corrected chi connectivity index (χ2v) is 6.78. The maximum Gasteiger partial charge on any atom is 0.418 e. The van der Waals surface area contributed by atoms with Gasteiger partial charge in [0.15, 0.2) is 0 Å². The van der Waals surface area contributed by atoms with Gasteiger partial charge in [0.2, 0.25) is 0 Å². The van der Waals surface area contributed by atoms with Crippen molar-refractivity contribution in [1.29, 1.82) is 0 Å². The number of rotatable bonds is 4. The first kappa shape index (κ1) is 17.8. The van der Waals surface area contributed by atoms with Gasteiger partial charge in [-0.25, -0.2) is 0 Å². The minimum absolute atomic E-state index is 0.148. The fraction of sp³-hybridized carbons (Fsp3) is 0.500. The largest absolute Gasteiger partial charge is 0.481 e. The van der Waals surface area contributed by atoms with E-state index < -0.39 is 28.7 Å². The number of hydrogen-bond acceptors (Lipinski definition) is 2. The van der Waals surface area contributed by atoms with Crippen LogP contribution in [0.4, 0.5) is 18.9 Å². The van der Waals surface area contributed by atoms with E-state index in [2.05, 4.69) is 21.2 Å². The molecule has 1 rings (SSSR count). The smallest absolute Gasteiger partial charge is 0.418 e. The lowest BCUT2D eigenvalue weighted by Crippen LogP contribution is -2.50. The van der Waals surface area contributed by atoms with E-state index in [1.165, 1.54) is 26.0 Å². The van der Waals surface area contributed by atoms with Crippen LogP contribution in [-0.2, 0) is 11.0 Å². The van der Waals surface area contributed by atoms with Gasteiger partial charge in [0, 0.05) is 15.7 Å². The summed E-state index contributed by atoms with van der Waals surface area (Å²) in [7, 11) is 0. The standard InChI is InChI=1S/C14H17BrF3NO2/c1-12(2,11(20)21)13(3,4)19-10-6-5-8(15)7-9(10)14(16,17)18/h5-7,19H,1-4H3,(H,20,21). The second-order valence-electron chi connectivity index (χ2n) is 5.87. The van der Waals surface area contributed by atoms with E-state index in [0.29, 0.717) is 4.47 Å². The van der Waals surface area contributed by atoms with E-state index in [1.807, 2.05) is 0 Å². The molecule has 0 aliphatic carbocycles. The van der Waals surface area contributed by atoms with Crippen LogP contribution >= 0.6 is 15.9 Å². The molecule has 2 N–H and O–H groups in total. The molecule has 21 heavy (non-hydrogen) atoms. The number of anilines is 1. The molecule has 1 aromatic carbocycles. The molecule has 0 fully saturated rings. The average molecular weight is 368 g/mol. The number of hydrogen-bond donors (Lipinski definition) is 2. The topological polar surface area (TPSA) is 49.3 Å². The highest BCUT2D eigenvalue weighted by molar-refractivity contribution is 9.10. The minimum Gasteiger partial charge on any atom is -0.481 e. The molecule has 0 unspecified atom stereocenters. The molecule has 0 aromatic heterocycles. The van der Waals surface area contributed by atoms with Crippen molar-refractivity contribution in [2.45, 2.75) is 39.4 Å². The van der Waals surface area contributed by atoms with Crippen LogP contribution in [0, 0.1) is 5.41 Å². The van der Waals surface area contributed by atoms with Crippen molar-refractivity contribution in [1.82, 2.24) is 0 Å². The lowest BCUT2D eigenvalue weighted by molar-refractivity contribution is -0.149. The highest BCUT2D eigenvalue weighted by Gasteiger charge is 2.45. The van der Waals surface area contributed by atoms with Gasteiger partial charge in [-0.2, -0.15) is 13.2 Å². The van der Waals surface area contributed by atoms with Crippen LogP contribution < -0.4 is 5.32 Å². The third kappa shape index (κ3) is 3.70. The van der Waals surface area contributed by atoms with Crippen molar-refractivity contribution < 1.29 is 23.1 Å². The average Bonchev–Trinajstić information content (AvgIpc) is 2.29. The number of alkyl halides is 3. The molecule has 0 radical (unpaired) electrons. The lowest BCUT2D eigenvalue weighted by atomic mass is 9.74. The second kappa shape index (κ2) is 5.51. The van der Waals surface area contributed by atoms with Gasteiger partial charge in [-0.1, -0.05) is 15.9 Å². The van der Waals surface area contributed by atoms with E-state index in [9.17, 15) is 23.1 Å². The van der Waals surface area contributed by atoms with Gasteiger partial charge in [0.1, 0.15) is 0 Å². The molecule has 1 aromatic rings. The summed E-state index contributed by atoms with van der Waals surface area (Å²) < 4.78 is 39.5. The fourth-order valence-electron chi connectivity index (χ4n) is 1.62. The number of halogens is 4. The predicted molar refractivity (Wildman–Crippen MR) is 78.3 cm³/mol. The summed E-state index contributed by atoms with van der Waals surface area (Å²) in [5.74, 6) is -1.09. The monoisotopic (exact) mass is 367 g/mol. The molecule has 0 aliphatic heterocycles. The number of carbonyl (C=O) groups is 1. The van der Waals surface area contributed by atoms with E-state index >= 15 is 0 Å². The summed E-state index contributed by atoms with van der Waals surface area (Å²) in [6, 6.07) is 3.72. The van der Waals surface area contributed by atoms with Crippen molar-refractivity contribution >= 4 is 27.6 Å². The first-order chi connectivity index (χ1) is 9.29. The molecule has 0 amide bonds. The Morgan fingerprint density at radius 2 is 1.71 bits per heavy atom. The predicted octanol–water partition coefficient (Wildman–Crippen LogP) is 4.77. The Morgan fingerprint density at radius 1 is 1.19 bits per heavy atom. The van der Waals surface area contributed by atoms with Gasteiger partial charge in [-0.05, 0) is 45.9 Å². The van der Waals surface area contributed by atoms with Crippen LogP contribution in [0.5, 0.6) is 0 Å². The maximum atomic E-state index is 13.1. The molecule has 118 valence electrons. The van der Waals surface area contributed by atoms with Crippen molar-refractivity contribution in [3.63, 3.8) is 0 Å². The van der Waals surface area contributed by atoms with Crippen molar-refractivity contribution in [3.05, 3.63) is 28.2 Å².